The Labute approximate surface area is 98.6 Å². The van der Waals surface area contributed by atoms with E-state index in [0.29, 0.717) is 23.1 Å². The lowest BCUT2D eigenvalue weighted by Gasteiger charge is -2.10. The van der Waals surface area contributed by atoms with Gasteiger partial charge in [0.2, 0.25) is 5.96 Å². The molecule has 88 valence electrons. The van der Waals surface area contributed by atoms with Crippen LogP contribution < -0.4 is 22.2 Å². The van der Waals surface area contributed by atoms with Crippen molar-refractivity contribution in [1.29, 1.82) is 0 Å². The molecule has 7 heteroatoms. The van der Waals surface area contributed by atoms with Gasteiger partial charge in [-0.25, -0.2) is 21.8 Å². The second-order valence-electron chi connectivity index (χ2n) is 2.93. The minimum atomic E-state index is -0.0137. The molecule has 1 aromatic rings. The number of hydrazine groups is 2. The normalized spacial score (nSPS) is 11.4. The molecule has 0 saturated carbocycles. The molecular formula is C9H14ClN5O. The van der Waals surface area contributed by atoms with Gasteiger partial charge in [0.05, 0.1) is 17.3 Å². The van der Waals surface area contributed by atoms with Crippen LogP contribution in [-0.4, -0.2) is 17.7 Å². The Bertz CT molecular complexity index is 393. The number of hydrogen-bond acceptors (Lipinski definition) is 4. The summed E-state index contributed by atoms with van der Waals surface area (Å²) in [5.74, 6) is 11.0. The first-order valence-electron chi connectivity index (χ1n) is 4.60. The SMILES string of the molecule is CCOc1ccc(/N=C(/N)N(N)N)cc1Cl. The van der Waals surface area contributed by atoms with Crippen LogP contribution in [0.3, 0.4) is 0 Å². The zero-order chi connectivity index (χ0) is 12.1. The topological polar surface area (TPSA) is 103 Å². The van der Waals surface area contributed by atoms with E-state index in [0.717, 1.165) is 5.12 Å². The first-order valence-corrected chi connectivity index (χ1v) is 4.98. The molecule has 0 atom stereocenters. The fourth-order valence-corrected chi connectivity index (χ4v) is 1.25. The van der Waals surface area contributed by atoms with Crippen LogP contribution >= 0.6 is 11.6 Å². The van der Waals surface area contributed by atoms with Gasteiger partial charge >= 0.3 is 0 Å². The Morgan fingerprint density at radius 3 is 2.69 bits per heavy atom. The number of nitrogens with two attached hydrogens (primary N) is 3. The third-order valence-electron chi connectivity index (χ3n) is 1.72. The van der Waals surface area contributed by atoms with Crippen molar-refractivity contribution in [3.63, 3.8) is 0 Å². The molecule has 0 fully saturated rings. The summed E-state index contributed by atoms with van der Waals surface area (Å²) in [6, 6.07) is 5.02. The molecule has 0 aliphatic heterocycles. The Kier molecular flexibility index (Phi) is 4.36. The van der Waals surface area contributed by atoms with Crippen LogP contribution in [0.1, 0.15) is 6.92 Å². The fraction of sp³-hybridized carbons (Fsp3) is 0.222. The summed E-state index contributed by atoms with van der Waals surface area (Å²) in [4.78, 5) is 3.95. The molecule has 0 aromatic heterocycles. The number of guanidine groups is 1. The van der Waals surface area contributed by atoms with Crippen molar-refractivity contribution in [3.8, 4) is 5.75 Å². The number of nitrogens with zero attached hydrogens (tertiary/aromatic N) is 2. The maximum absolute atomic E-state index is 5.96. The Balaban J connectivity index is 2.93. The molecule has 0 unspecified atom stereocenters. The molecule has 16 heavy (non-hydrogen) atoms. The highest BCUT2D eigenvalue weighted by Crippen LogP contribution is 2.28. The molecule has 0 spiro atoms. The molecule has 0 aliphatic carbocycles. The molecule has 6 N–H and O–H groups in total. The second kappa shape index (κ2) is 5.55. The molecule has 0 radical (unpaired) electrons. The highest BCUT2D eigenvalue weighted by molar-refractivity contribution is 6.32. The average Bonchev–Trinajstić information content (AvgIpc) is 2.22. The number of ether oxygens (including phenoxy) is 1. The van der Waals surface area contributed by atoms with Gasteiger partial charge in [-0.3, -0.25) is 0 Å². The number of hydrogen-bond donors (Lipinski definition) is 3. The smallest absolute Gasteiger partial charge is 0.226 e. The number of aliphatic imine (C=N–C) groups is 1. The van der Waals surface area contributed by atoms with E-state index in [1.165, 1.54) is 0 Å². The molecule has 6 nitrogen and oxygen atoms in total. The van der Waals surface area contributed by atoms with E-state index in [9.17, 15) is 0 Å². The van der Waals surface area contributed by atoms with E-state index in [1.54, 1.807) is 18.2 Å². The Morgan fingerprint density at radius 2 is 2.19 bits per heavy atom. The predicted octanol–water partition coefficient (Wildman–Crippen LogP) is 0.734. The summed E-state index contributed by atoms with van der Waals surface area (Å²) in [6.07, 6.45) is 0. The standard InChI is InChI=1S/C9H14ClN5O/c1-2-16-8-4-3-6(5-7(8)10)14-9(11)15(12)13/h3-5H,2,12-13H2,1H3,(H2,11,14). The lowest BCUT2D eigenvalue weighted by atomic mass is 10.3. The van der Waals surface area contributed by atoms with Crippen molar-refractivity contribution < 1.29 is 4.74 Å². The lowest BCUT2D eigenvalue weighted by molar-refractivity contribution is 0.340. The van der Waals surface area contributed by atoms with Crippen LogP contribution in [0.25, 0.3) is 0 Å². The van der Waals surface area contributed by atoms with Gasteiger partial charge in [0.25, 0.3) is 0 Å². The summed E-state index contributed by atoms with van der Waals surface area (Å²) in [6.45, 7) is 2.42. The van der Waals surface area contributed by atoms with Crippen molar-refractivity contribution in [3.05, 3.63) is 23.2 Å². The molecule has 0 aliphatic rings. The summed E-state index contributed by atoms with van der Waals surface area (Å²) in [5, 5.41) is 1.18. The zero-order valence-electron chi connectivity index (χ0n) is 8.85. The largest absolute Gasteiger partial charge is 0.492 e. The molecular weight excluding hydrogens is 230 g/mol. The van der Waals surface area contributed by atoms with Crippen LogP contribution in [-0.2, 0) is 0 Å². The zero-order valence-corrected chi connectivity index (χ0v) is 9.61. The molecule has 0 amide bonds. The van der Waals surface area contributed by atoms with Crippen LogP contribution in [0, 0.1) is 0 Å². The van der Waals surface area contributed by atoms with Gasteiger partial charge in [-0.1, -0.05) is 11.6 Å². The number of rotatable bonds is 3. The van der Waals surface area contributed by atoms with Crippen molar-refractivity contribution in [2.24, 2.45) is 22.4 Å². The van der Waals surface area contributed by atoms with Crippen LogP contribution in [0.4, 0.5) is 5.69 Å². The van der Waals surface area contributed by atoms with Crippen LogP contribution in [0.15, 0.2) is 23.2 Å². The van der Waals surface area contributed by atoms with Gasteiger partial charge in [-0.15, -0.1) is 0 Å². The van der Waals surface area contributed by atoms with Crippen LogP contribution in [0.2, 0.25) is 5.02 Å². The molecule has 1 rings (SSSR count). The van der Waals surface area contributed by atoms with E-state index in [1.807, 2.05) is 6.92 Å². The fourth-order valence-electron chi connectivity index (χ4n) is 1.02. The van der Waals surface area contributed by atoms with Gasteiger partial charge < -0.3 is 10.5 Å². The third-order valence-corrected chi connectivity index (χ3v) is 2.02. The van der Waals surface area contributed by atoms with Gasteiger partial charge in [-0.05, 0) is 25.1 Å². The summed E-state index contributed by atoms with van der Waals surface area (Å²) < 4.78 is 5.27. The molecule has 0 saturated heterocycles. The summed E-state index contributed by atoms with van der Waals surface area (Å²) >= 11 is 5.96. The minimum absolute atomic E-state index is 0.0137. The van der Waals surface area contributed by atoms with Gasteiger partial charge in [0, 0.05) is 0 Å². The first-order chi connectivity index (χ1) is 7.54. The van der Waals surface area contributed by atoms with E-state index in [2.05, 4.69) is 4.99 Å². The molecule has 0 bridgehead atoms. The number of benzene rings is 1. The predicted molar refractivity (Wildman–Crippen MR) is 64.1 cm³/mol. The Morgan fingerprint density at radius 1 is 1.50 bits per heavy atom. The maximum atomic E-state index is 5.96. The van der Waals surface area contributed by atoms with Gasteiger partial charge in [0.15, 0.2) is 0 Å². The summed E-state index contributed by atoms with van der Waals surface area (Å²) in [5.41, 5.74) is 5.99. The quantitative estimate of drug-likeness (QED) is 0.314. The van der Waals surface area contributed by atoms with Gasteiger partial charge in [0.1, 0.15) is 5.75 Å². The third kappa shape index (κ3) is 3.27. The minimum Gasteiger partial charge on any atom is -0.492 e. The molecule has 0 heterocycles. The van der Waals surface area contributed by atoms with E-state index < -0.39 is 0 Å². The lowest BCUT2D eigenvalue weighted by Crippen LogP contribution is -2.47. The van der Waals surface area contributed by atoms with Gasteiger partial charge in [-0.2, -0.15) is 0 Å². The van der Waals surface area contributed by atoms with E-state index in [-0.39, 0.29) is 5.96 Å². The summed E-state index contributed by atoms with van der Waals surface area (Å²) in [7, 11) is 0. The Hall–Kier alpha value is -1.50. The first kappa shape index (κ1) is 12.6. The van der Waals surface area contributed by atoms with E-state index >= 15 is 0 Å². The van der Waals surface area contributed by atoms with Crippen molar-refractivity contribution in [2.75, 3.05) is 6.61 Å². The maximum Gasteiger partial charge on any atom is 0.226 e. The number of halogens is 1. The highest BCUT2D eigenvalue weighted by atomic mass is 35.5. The second-order valence-corrected chi connectivity index (χ2v) is 3.33. The molecule has 1 aromatic carbocycles. The van der Waals surface area contributed by atoms with Crippen LogP contribution in [0.5, 0.6) is 5.75 Å². The highest BCUT2D eigenvalue weighted by Gasteiger charge is 2.03. The van der Waals surface area contributed by atoms with Crippen molar-refractivity contribution in [2.45, 2.75) is 6.92 Å². The van der Waals surface area contributed by atoms with E-state index in [4.69, 9.17) is 33.8 Å². The average molecular weight is 244 g/mol. The van der Waals surface area contributed by atoms with Crippen molar-refractivity contribution >= 4 is 23.2 Å². The van der Waals surface area contributed by atoms with Crippen molar-refractivity contribution in [1.82, 2.24) is 5.12 Å². The monoisotopic (exact) mass is 243 g/mol.